The summed E-state index contributed by atoms with van der Waals surface area (Å²) in [6.07, 6.45) is -4.45. The van der Waals surface area contributed by atoms with Crippen molar-refractivity contribution in [1.82, 2.24) is 15.2 Å². The van der Waals surface area contributed by atoms with E-state index in [1.54, 1.807) is 6.08 Å². The van der Waals surface area contributed by atoms with Crippen molar-refractivity contribution in [1.29, 1.82) is 0 Å². The number of fused-ring (bicyclic) bond motifs is 5. The lowest BCUT2D eigenvalue weighted by molar-refractivity contribution is -0.292. The normalized spacial score (nSPS) is 20.2. The Balaban J connectivity index is 0.00000316. The fraction of sp³-hybridized carbons (Fsp3) is 0.517. The molecule has 1 aliphatic heterocycles. The molecule has 8 nitrogen and oxygen atoms in total. The lowest BCUT2D eigenvalue weighted by Crippen LogP contribution is -2.45. The maximum atomic E-state index is 14.8. The Morgan fingerprint density at radius 2 is 1.88 bits per heavy atom. The van der Waals surface area contributed by atoms with Gasteiger partial charge in [0.1, 0.15) is 17.4 Å². The van der Waals surface area contributed by atoms with Crippen molar-refractivity contribution in [3.8, 4) is 17.5 Å². The number of aromatic nitrogens is 3. The van der Waals surface area contributed by atoms with Gasteiger partial charge in [0, 0.05) is 6.42 Å². The molecule has 0 amide bonds. The van der Waals surface area contributed by atoms with E-state index in [0.717, 1.165) is 13.5 Å². The molecule has 0 aliphatic carbocycles. The number of allylic oxidation sites excluding steroid dienone is 2. The van der Waals surface area contributed by atoms with E-state index in [4.69, 9.17) is 13.9 Å². The molecule has 2 atom stereocenters. The van der Waals surface area contributed by atoms with Gasteiger partial charge in [-0.3, -0.25) is 0 Å². The fourth-order valence-electron chi connectivity index (χ4n) is 3.95. The molecule has 3 rings (SSSR count). The Labute approximate surface area is 245 Å². The van der Waals surface area contributed by atoms with Gasteiger partial charge in [0.15, 0.2) is 0 Å². The van der Waals surface area contributed by atoms with Gasteiger partial charge in [-0.1, -0.05) is 58.1 Å². The lowest BCUT2D eigenvalue weighted by Gasteiger charge is -2.32. The smallest absolute Gasteiger partial charge is 0.426 e. The maximum Gasteiger partial charge on any atom is 0.426 e. The largest absolute Gasteiger partial charge is 0.474 e. The van der Waals surface area contributed by atoms with Gasteiger partial charge in [-0.15, -0.1) is 10.2 Å². The van der Waals surface area contributed by atoms with Crippen molar-refractivity contribution in [2.45, 2.75) is 83.9 Å². The van der Waals surface area contributed by atoms with Crippen LogP contribution in [0.2, 0.25) is 0 Å². The van der Waals surface area contributed by atoms with E-state index in [2.05, 4.69) is 26.5 Å². The first-order valence-electron chi connectivity index (χ1n) is 13.7. The molecule has 0 radical (unpaired) electrons. The van der Waals surface area contributed by atoms with Crippen molar-refractivity contribution in [2.24, 2.45) is 0 Å². The Kier molecular flexibility index (Phi) is 12.5. The summed E-state index contributed by atoms with van der Waals surface area (Å²) in [5.74, 6) is -3.97. The number of halogens is 6. The zero-order valence-electron chi connectivity index (χ0n) is 24.6. The monoisotopic (exact) mass is 619 g/mol. The third kappa shape index (κ3) is 8.46. The average molecular weight is 620 g/mol. The molecule has 1 unspecified atom stereocenters. The van der Waals surface area contributed by atoms with E-state index in [-0.39, 0.29) is 12.8 Å². The van der Waals surface area contributed by atoms with E-state index in [9.17, 15) is 31.1 Å². The van der Waals surface area contributed by atoms with Crippen LogP contribution in [-0.2, 0) is 21.3 Å². The number of carbonyl (C=O) groups is 1. The molecule has 0 spiro atoms. The predicted octanol–water partition coefficient (Wildman–Crippen LogP) is 8.16. The molecule has 14 heteroatoms. The van der Waals surface area contributed by atoms with Crippen LogP contribution in [-0.4, -0.2) is 47.1 Å². The Bertz CT molecular complexity index is 1300. The van der Waals surface area contributed by atoms with Gasteiger partial charge < -0.3 is 18.6 Å². The second-order valence-corrected chi connectivity index (χ2v) is 9.20. The van der Waals surface area contributed by atoms with Crippen molar-refractivity contribution in [2.75, 3.05) is 13.7 Å². The van der Waals surface area contributed by atoms with Crippen LogP contribution in [0.15, 0.2) is 46.9 Å². The Morgan fingerprint density at radius 1 is 1.19 bits per heavy atom. The Hall–Kier alpha value is -3.68. The summed E-state index contributed by atoms with van der Waals surface area (Å²) < 4.78 is 107. The first kappa shape index (κ1) is 35.5. The number of methoxy groups -OCH3 is 1. The zero-order valence-corrected chi connectivity index (χ0v) is 24.6. The van der Waals surface area contributed by atoms with Crippen molar-refractivity contribution >= 4 is 5.97 Å². The highest BCUT2D eigenvalue weighted by Crippen LogP contribution is 2.47. The van der Waals surface area contributed by atoms with Crippen LogP contribution in [0.1, 0.15) is 81.6 Å². The molecule has 4 bridgehead atoms. The molecule has 238 valence electrons. The molecule has 0 saturated carbocycles. The molecule has 0 saturated heterocycles. The van der Waals surface area contributed by atoms with Crippen LogP contribution in [0, 0.1) is 0 Å². The van der Waals surface area contributed by atoms with E-state index in [1.807, 2.05) is 20.8 Å². The van der Waals surface area contributed by atoms with Crippen LogP contribution >= 0.6 is 0 Å². The third-order valence-corrected chi connectivity index (χ3v) is 6.18. The molecule has 0 N–H and O–H groups in total. The molecule has 2 aromatic rings. The molecular formula is C29H35F6N3O5. The summed E-state index contributed by atoms with van der Waals surface area (Å²) in [4.78, 5) is 16.3. The fourth-order valence-corrected chi connectivity index (χ4v) is 3.95. The number of ether oxygens (including phenoxy) is 3. The second-order valence-electron chi connectivity index (χ2n) is 9.20. The second kappa shape index (κ2) is 15.2. The minimum absolute atomic E-state index is 0.0473. The molecule has 2 aromatic heterocycles. The summed E-state index contributed by atoms with van der Waals surface area (Å²) >= 11 is 0. The molecule has 0 aromatic carbocycles. The number of carbonyl (C=O) groups excluding carboxylic acids is 1. The lowest BCUT2D eigenvalue weighted by atomic mass is 9.95. The van der Waals surface area contributed by atoms with Crippen molar-refractivity contribution in [3.05, 3.63) is 59.5 Å². The first-order chi connectivity index (χ1) is 20.3. The minimum Gasteiger partial charge on any atom is -0.474 e. The number of hydrogen-bond acceptors (Lipinski definition) is 8. The van der Waals surface area contributed by atoms with E-state index < -0.39 is 77.5 Å². The number of pyridine rings is 1. The van der Waals surface area contributed by atoms with Gasteiger partial charge in [0.2, 0.25) is 11.5 Å². The molecule has 3 heterocycles. The quantitative estimate of drug-likeness (QED) is 0.133. The number of alkyl halides is 6. The molecule has 0 fully saturated rings. The van der Waals surface area contributed by atoms with Gasteiger partial charge in [-0.2, -0.15) is 26.3 Å². The number of esters is 1. The van der Waals surface area contributed by atoms with E-state index in [0.29, 0.717) is 18.1 Å². The average Bonchev–Trinajstić information content (AvgIpc) is 3.45. The SMILES string of the molecule is C=C/C(=C\CCC)COC1(C(F)(F)F)CC/C=C\C[C@@H](C)Oc2nc(c(C(=O)OC)cc2C(F)(F)F)-c2nnc1o2.CC. The van der Waals surface area contributed by atoms with Crippen molar-refractivity contribution in [3.63, 3.8) is 0 Å². The van der Waals surface area contributed by atoms with E-state index in [1.165, 1.54) is 25.2 Å². The van der Waals surface area contributed by atoms with Gasteiger partial charge >= 0.3 is 18.3 Å². The summed E-state index contributed by atoms with van der Waals surface area (Å²) in [6.45, 7) is 10.5. The summed E-state index contributed by atoms with van der Waals surface area (Å²) in [7, 11) is 0.912. The number of rotatable bonds is 7. The molecule has 1 aliphatic rings. The first-order valence-corrected chi connectivity index (χ1v) is 13.7. The van der Waals surface area contributed by atoms with Crippen LogP contribution in [0.3, 0.4) is 0 Å². The van der Waals surface area contributed by atoms with Gasteiger partial charge in [0.25, 0.3) is 11.8 Å². The summed E-state index contributed by atoms with van der Waals surface area (Å²) in [5.41, 5.74) is -5.52. The Morgan fingerprint density at radius 3 is 2.47 bits per heavy atom. The number of unbranched alkanes of at least 4 members (excludes halogenated alkanes) is 1. The zero-order chi connectivity index (χ0) is 32.4. The molecular weight excluding hydrogens is 584 g/mol. The van der Waals surface area contributed by atoms with Crippen LogP contribution < -0.4 is 4.74 Å². The third-order valence-electron chi connectivity index (χ3n) is 6.18. The molecule has 43 heavy (non-hydrogen) atoms. The van der Waals surface area contributed by atoms with Crippen LogP contribution in [0.4, 0.5) is 26.3 Å². The highest BCUT2D eigenvalue weighted by molar-refractivity contribution is 5.95. The van der Waals surface area contributed by atoms with Gasteiger partial charge in [-0.25, -0.2) is 9.78 Å². The maximum absolute atomic E-state index is 14.8. The standard InChI is InChI=1S/C27H29F6N3O5.C2H6/c1-5-7-12-17(6-2)15-39-25(27(31,32)33)13-10-8-9-11-16(3)40-21-19(26(28,29)30)14-18(23(37)38-4)20(34-21)22-35-36-24(25)41-22;1-2/h6,8-9,12,14,16H,2,5,7,10-11,13,15H2,1,3-4H3;1-2H3/b9-8-,17-12+;/t16-,25?;/m1./s1. The van der Waals surface area contributed by atoms with Crippen molar-refractivity contribution < 1.29 is 49.8 Å². The highest BCUT2D eigenvalue weighted by Gasteiger charge is 2.61. The minimum atomic E-state index is -5.07. The predicted molar refractivity (Wildman–Crippen MR) is 145 cm³/mol. The van der Waals surface area contributed by atoms with Crippen LogP contribution in [0.5, 0.6) is 5.88 Å². The number of hydrogen-bond donors (Lipinski definition) is 0. The summed E-state index contributed by atoms with van der Waals surface area (Å²) in [6, 6.07) is 0.421. The van der Waals surface area contributed by atoms with Crippen LogP contribution in [0.25, 0.3) is 11.6 Å². The topological polar surface area (TPSA) is 96.6 Å². The van der Waals surface area contributed by atoms with Gasteiger partial charge in [-0.05, 0) is 37.8 Å². The van der Waals surface area contributed by atoms with E-state index >= 15 is 0 Å². The number of nitrogens with zero attached hydrogens (tertiary/aromatic N) is 3. The highest BCUT2D eigenvalue weighted by atomic mass is 19.4. The summed E-state index contributed by atoms with van der Waals surface area (Å²) in [5, 5.41) is 7.19. The van der Waals surface area contributed by atoms with Gasteiger partial charge in [0.05, 0.1) is 19.3 Å².